The van der Waals surface area contributed by atoms with Gasteiger partial charge in [0.15, 0.2) is 0 Å². The summed E-state index contributed by atoms with van der Waals surface area (Å²) in [6, 6.07) is 6.38. The van der Waals surface area contributed by atoms with E-state index >= 15 is 0 Å². The fraction of sp³-hybridized carbons (Fsp3) is 0.739. The highest BCUT2D eigenvalue weighted by atomic mass is 35.5. The van der Waals surface area contributed by atoms with Crippen molar-refractivity contribution in [2.75, 3.05) is 19.7 Å². The highest BCUT2D eigenvalue weighted by molar-refractivity contribution is 6.32. The highest BCUT2D eigenvalue weighted by Crippen LogP contribution is 2.35. The summed E-state index contributed by atoms with van der Waals surface area (Å²) in [5, 5.41) is 11.3. The number of halogens is 1. The summed E-state index contributed by atoms with van der Waals surface area (Å²) in [7, 11) is 0. The number of benzene rings is 1. The van der Waals surface area contributed by atoms with Gasteiger partial charge in [0.2, 0.25) is 0 Å². The number of hydrogen-bond donors (Lipinski definition) is 1. The van der Waals surface area contributed by atoms with Gasteiger partial charge in [-0.15, -0.1) is 0 Å². The number of nitrogens with zero attached hydrogens (tertiary/aromatic N) is 1. The second-order valence-electron chi connectivity index (χ2n) is 8.37. The van der Waals surface area contributed by atoms with E-state index in [1.807, 2.05) is 12.1 Å². The summed E-state index contributed by atoms with van der Waals surface area (Å²) >= 11 is 6.46. The van der Waals surface area contributed by atoms with Crippen molar-refractivity contribution in [3.05, 3.63) is 28.8 Å². The van der Waals surface area contributed by atoms with Crippen LogP contribution in [0.2, 0.25) is 5.02 Å². The summed E-state index contributed by atoms with van der Waals surface area (Å²) in [5.41, 5.74) is 1.19. The normalized spacial score (nSPS) is 27.1. The van der Waals surface area contributed by atoms with Crippen molar-refractivity contribution in [1.29, 1.82) is 0 Å². The molecule has 3 nitrogen and oxygen atoms in total. The summed E-state index contributed by atoms with van der Waals surface area (Å²) in [4.78, 5) is 2.45. The minimum Gasteiger partial charge on any atom is -0.492 e. The van der Waals surface area contributed by atoms with Crippen molar-refractivity contribution in [2.24, 2.45) is 5.92 Å². The molecule has 0 aliphatic carbocycles. The van der Waals surface area contributed by atoms with E-state index in [9.17, 15) is 5.11 Å². The Bertz CT molecular complexity index is 569. The molecule has 3 aliphatic rings. The van der Waals surface area contributed by atoms with Crippen LogP contribution >= 0.6 is 11.6 Å². The number of hydrogen-bond acceptors (Lipinski definition) is 3. The molecule has 2 unspecified atom stereocenters. The number of aliphatic hydroxyl groups is 1. The quantitative estimate of drug-likeness (QED) is 0.506. The maximum absolute atomic E-state index is 10.6. The van der Waals surface area contributed by atoms with E-state index in [0.29, 0.717) is 10.9 Å². The lowest BCUT2D eigenvalue weighted by Gasteiger charge is -2.49. The van der Waals surface area contributed by atoms with Gasteiger partial charge in [0, 0.05) is 6.04 Å². The van der Waals surface area contributed by atoms with Gasteiger partial charge < -0.3 is 9.84 Å². The third kappa shape index (κ3) is 5.85. The molecular formula is C23H36ClNO2. The Morgan fingerprint density at radius 1 is 1.07 bits per heavy atom. The number of rotatable bonds is 11. The summed E-state index contributed by atoms with van der Waals surface area (Å²) in [5.74, 6) is 1.28. The van der Waals surface area contributed by atoms with E-state index in [2.05, 4.69) is 17.9 Å². The first kappa shape index (κ1) is 21.0. The van der Waals surface area contributed by atoms with Crippen LogP contribution in [0.25, 0.3) is 0 Å². The van der Waals surface area contributed by atoms with E-state index in [1.165, 1.54) is 44.1 Å². The van der Waals surface area contributed by atoms with Gasteiger partial charge in [0.25, 0.3) is 0 Å². The van der Waals surface area contributed by atoms with E-state index in [0.717, 1.165) is 51.1 Å². The van der Waals surface area contributed by atoms with Gasteiger partial charge in [-0.05, 0) is 62.4 Å². The molecule has 4 heteroatoms. The van der Waals surface area contributed by atoms with Crippen molar-refractivity contribution < 1.29 is 9.84 Å². The van der Waals surface area contributed by atoms with E-state index < -0.39 is 0 Å². The maximum atomic E-state index is 10.6. The Labute approximate surface area is 170 Å². The molecule has 3 saturated heterocycles. The second kappa shape index (κ2) is 10.7. The number of ether oxygens (including phenoxy) is 1. The van der Waals surface area contributed by atoms with Crippen LogP contribution in [0.3, 0.4) is 0 Å². The van der Waals surface area contributed by atoms with Crippen LogP contribution in [-0.2, 0) is 6.42 Å². The van der Waals surface area contributed by atoms with Gasteiger partial charge >= 0.3 is 0 Å². The van der Waals surface area contributed by atoms with Crippen LogP contribution in [0, 0.1) is 5.92 Å². The molecule has 0 radical (unpaired) electrons. The average molecular weight is 394 g/mol. The van der Waals surface area contributed by atoms with Gasteiger partial charge in [0.1, 0.15) is 5.75 Å². The lowest BCUT2D eigenvalue weighted by Crippen LogP contribution is -2.58. The molecule has 3 aliphatic heterocycles. The van der Waals surface area contributed by atoms with Crippen molar-refractivity contribution >= 4 is 11.6 Å². The molecule has 3 fully saturated rings. The first-order valence-electron chi connectivity index (χ1n) is 11.0. The van der Waals surface area contributed by atoms with Crippen molar-refractivity contribution in [3.63, 3.8) is 0 Å². The first-order chi connectivity index (χ1) is 13.2. The average Bonchev–Trinajstić information content (AvgIpc) is 2.68. The molecule has 152 valence electrons. The van der Waals surface area contributed by atoms with Crippen LogP contribution in [0.1, 0.15) is 70.3 Å². The molecule has 27 heavy (non-hydrogen) atoms. The zero-order chi connectivity index (χ0) is 19.1. The Hall–Kier alpha value is -0.770. The number of aliphatic hydroxyl groups excluding tert-OH is 1. The lowest BCUT2D eigenvalue weighted by molar-refractivity contribution is -0.0715. The minimum atomic E-state index is -0.195. The molecule has 1 N–H and O–H groups in total. The molecule has 2 atom stereocenters. The second-order valence-corrected chi connectivity index (χ2v) is 8.78. The minimum absolute atomic E-state index is 0.195. The van der Waals surface area contributed by atoms with Gasteiger partial charge in [-0.25, -0.2) is 0 Å². The third-order valence-corrected chi connectivity index (χ3v) is 6.66. The van der Waals surface area contributed by atoms with E-state index in [4.69, 9.17) is 16.3 Å². The van der Waals surface area contributed by atoms with Gasteiger partial charge in [-0.2, -0.15) is 0 Å². The largest absolute Gasteiger partial charge is 0.492 e. The molecule has 0 amide bonds. The van der Waals surface area contributed by atoms with Crippen LogP contribution in [0.4, 0.5) is 0 Å². The highest BCUT2D eigenvalue weighted by Gasteiger charge is 2.40. The van der Waals surface area contributed by atoms with Gasteiger partial charge in [-0.1, -0.05) is 63.1 Å². The van der Waals surface area contributed by atoms with Crippen molar-refractivity contribution in [1.82, 2.24) is 4.90 Å². The third-order valence-electron chi connectivity index (χ3n) is 6.37. The zero-order valence-corrected chi connectivity index (χ0v) is 17.6. The fourth-order valence-corrected chi connectivity index (χ4v) is 4.90. The van der Waals surface area contributed by atoms with Gasteiger partial charge in [-0.3, -0.25) is 4.90 Å². The lowest BCUT2D eigenvalue weighted by atomic mass is 9.78. The Kier molecular flexibility index (Phi) is 8.29. The predicted molar refractivity (Wildman–Crippen MR) is 113 cm³/mol. The van der Waals surface area contributed by atoms with Crippen molar-refractivity contribution in [3.8, 4) is 5.75 Å². The molecule has 4 rings (SSSR count). The molecule has 2 bridgehead atoms. The predicted octanol–water partition coefficient (Wildman–Crippen LogP) is 5.47. The zero-order valence-electron chi connectivity index (χ0n) is 16.8. The number of unbranched alkanes of at least 4 members (excludes halogenated alkanes) is 6. The van der Waals surface area contributed by atoms with Crippen LogP contribution in [0.15, 0.2) is 18.2 Å². The monoisotopic (exact) mass is 393 g/mol. The number of fused-ring (bicyclic) bond motifs is 3. The Morgan fingerprint density at radius 3 is 2.44 bits per heavy atom. The fourth-order valence-electron chi connectivity index (χ4n) is 4.64. The first-order valence-corrected chi connectivity index (χ1v) is 11.4. The molecule has 3 heterocycles. The smallest absolute Gasteiger partial charge is 0.137 e. The molecule has 1 aromatic rings. The molecule has 0 spiro atoms. The molecule has 0 aromatic heterocycles. The van der Waals surface area contributed by atoms with Gasteiger partial charge in [0.05, 0.1) is 17.7 Å². The Morgan fingerprint density at radius 2 is 1.78 bits per heavy atom. The molecule has 0 saturated carbocycles. The van der Waals surface area contributed by atoms with Crippen LogP contribution < -0.4 is 4.74 Å². The van der Waals surface area contributed by atoms with Crippen LogP contribution in [0.5, 0.6) is 5.75 Å². The topological polar surface area (TPSA) is 32.7 Å². The summed E-state index contributed by atoms with van der Waals surface area (Å²) in [6.07, 6.45) is 11.9. The van der Waals surface area contributed by atoms with Crippen LogP contribution in [-0.4, -0.2) is 41.8 Å². The van der Waals surface area contributed by atoms with E-state index in [-0.39, 0.29) is 12.1 Å². The standard InChI is InChI=1S/C23H36ClNO2/c1-2-3-4-5-6-7-8-15-27-22-10-9-18(16-20(22)24)17-21-23(26)19-11-13-25(21)14-12-19/h9-10,16,19,21,23,26H,2-8,11-15,17H2,1H3. The molecule has 1 aromatic carbocycles. The van der Waals surface area contributed by atoms with Crippen molar-refractivity contribution in [2.45, 2.75) is 83.3 Å². The Balaban J connectivity index is 1.41. The van der Waals surface area contributed by atoms with E-state index in [1.54, 1.807) is 0 Å². The molecular weight excluding hydrogens is 358 g/mol. The number of piperidine rings is 3. The summed E-state index contributed by atoms with van der Waals surface area (Å²) < 4.78 is 5.89. The summed E-state index contributed by atoms with van der Waals surface area (Å²) in [6.45, 7) is 5.24. The SMILES string of the molecule is CCCCCCCCCOc1ccc(CC2C(O)C3CCN2CC3)cc1Cl. The maximum Gasteiger partial charge on any atom is 0.137 e.